The van der Waals surface area contributed by atoms with Gasteiger partial charge in [-0.25, -0.2) is 14.4 Å². The van der Waals surface area contributed by atoms with E-state index in [4.69, 9.17) is 16.7 Å². The van der Waals surface area contributed by atoms with Gasteiger partial charge in [0.2, 0.25) is 5.96 Å². The lowest BCUT2D eigenvalue weighted by molar-refractivity contribution is 0.619. The molecule has 0 spiro atoms. The molecule has 2 aromatic rings. The Labute approximate surface area is 166 Å². The fourth-order valence-electron chi connectivity index (χ4n) is 3.73. The first-order chi connectivity index (χ1) is 14.0. The molecule has 146 valence electrons. The van der Waals surface area contributed by atoms with Gasteiger partial charge in [0, 0.05) is 18.7 Å². The maximum absolute atomic E-state index is 14.9. The van der Waals surface area contributed by atoms with E-state index in [0.717, 1.165) is 25.9 Å². The molecule has 0 amide bonds. The molecule has 1 fully saturated rings. The molecule has 1 saturated heterocycles. The molecular weight excluding hydrogens is 373 g/mol. The Morgan fingerprint density at radius 2 is 2.00 bits per heavy atom. The highest BCUT2D eigenvalue weighted by Crippen LogP contribution is 2.41. The molecule has 4 rings (SSSR count). The zero-order valence-corrected chi connectivity index (χ0v) is 15.4. The topological polar surface area (TPSA) is 152 Å². The number of anilines is 4. The highest BCUT2D eigenvalue weighted by atomic mass is 19.1. The Morgan fingerprint density at radius 1 is 1.24 bits per heavy atom. The van der Waals surface area contributed by atoms with Gasteiger partial charge in [0.25, 0.3) is 0 Å². The molecule has 9 nitrogen and oxygen atoms in total. The van der Waals surface area contributed by atoms with Crippen molar-refractivity contribution >= 4 is 29.0 Å². The van der Waals surface area contributed by atoms with E-state index in [9.17, 15) is 9.65 Å². The quantitative estimate of drug-likeness (QED) is 0.447. The molecule has 2 aliphatic heterocycles. The summed E-state index contributed by atoms with van der Waals surface area (Å²) in [4.78, 5) is 10.6. The predicted octanol–water partition coefficient (Wildman–Crippen LogP) is 1.80. The first-order valence-electron chi connectivity index (χ1n) is 9.06. The largest absolute Gasteiger partial charge is 0.397 e. The number of aromatic nitrogens is 1. The second-order valence-corrected chi connectivity index (χ2v) is 6.81. The van der Waals surface area contributed by atoms with Crippen LogP contribution in [0.15, 0.2) is 23.2 Å². The highest BCUT2D eigenvalue weighted by Gasteiger charge is 2.30. The maximum atomic E-state index is 14.9. The van der Waals surface area contributed by atoms with Crippen molar-refractivity contribution in [2.45, 2.75) is 18.9 Å². The molecule has 1 unspecified atom stereocenters. The van der Waals surface area contributed by atoms with Crippen LogP contribution in [-0.2, 0) is 0 Å². The van der Waals surface area contributed by atoms with Crippen molar-refractivity contribution in [2.24, 2.45) is 4.99 Å². The minimum atomic E-state index is -0.760. The lowest BCUT2D eigenvalue weighted by Crippen LogP contribution is -2.32. The third kappa shape index (κ3) is 3.11. The number of nitrogens with one attached hydrogen (secondary N) is 2. The lowest BCUT2D eigenvalue weighted by atomic mass is 9.95. The van der Waals surface area contributed by atoms with Crippen molar-refractivity contribution in [2.75, 3.05) is 34.8 Å². The number of fused-ring (bicyclic) bond motifs is 1. The minimum Gasteiger partial charge on any atom is -0.397 e. The zero-order valence-electron chi connectivity index (χ0n) is 15.4. The number of guanidine groups is 1. The minimum absolute atomic E-state index is 0.0382. The Morgan fingerprint density at radius 3 is 2.66 bits per heavy atom. The van der Waals surface area contributed by atoms with Gasteiger partial charge in [-0.1, -0.05) is 6.07 Å². The van der Waals surface area contributed by atoms with Gasteiger partial charge in [0.15, 0.2) is 6.19 Å². The number of nitriles is 2. The molecular formula is C19H18FN9. The Bertz CT molecular complexity index is 1090. The van der Waals surface area contributed by atoms with E-state index in [0.29, 0.717) is 16.8 Å². The molecule has 0 bridgehead atoms. The molecule has 3 heterocycles. The van der Waals surface area contributed by atoms with Crippen LogP contribution in [0.2, 0.25) is 0 Å². The molecule has 0 saturated carbocycles. The number of hydrogen-bond donors (Lipinski definition) is 4. The van der Waals surface area contributed by atoms with Gasteiger partial charge in [0.1, 0.15) is 35.1 Å². The van der Waals surface area contributed by atoms with Gasteiger partial charge in [-0.15, -0.1) is 0 Å². The van der Waals surface area contributed by atoms with E-state index in [-0.39, 0.29) is 34.7 Å². The molecule has 6 N–H and O–H groups in total. The number of benzene rings is 1. The average molecular weight is 391 g/mol. The van der Waals surface area contributed by atoms with Crippen LogP contribution < -0.4 is 27.0 Å². The van der Waals surface area contributed by atoms with Crippen LogP contribution in [0.3, 0.4) is 0 Å². The van der Waals surface area contributed by atoms with Crippen LogP contribution in [-0.4, -0.2) is 24.0 Å². The monoisotopic (exact) mass is 391 g/mol. The van der Waals surface area contributed by atoms with E-state index in [1.165, 1.54) is 6.07 Å². The van der Waals surface area contributed by atoms with Gasteiger partial charge in [-0.3, -0.25) is 5.32 Å². The Hall–Kier alpha value is -4.05. The maximum Gasteiger partial charge on any atom is 0.211 e. The standard InChI is InChI=1S/C19H18FN9/c20-12-7-10(3-4-13(12)29-5-1-2-6-29)16-14-15(23)11(8-21)17(24)27-18(14)28-19(26-16)25-9-22/h3-4,7,16H,1-2,5-6H2,(H6,23,24,25,26,27,28). The zero-order chi connectivity index (χ0) is 20.5. The highest BCUT2D eigenvalue weighted by molar-refractivity contribution is 5.98. The van der Waals surface area contributed by atoms with Crippen LogP contribution in [0.1, 0.15) is 35.6 Å². The second kappa shape index (κ2) is 7.17. The van der Waals surface area contributed by atoms with Gasteiger partial charge >= 0.3 is 0 Å². The Kier molecular flexibility index (Phi) is 4.53. The van der Waals surface area contributed by atoms with Crippen molar-refractivity contribution in [3.8, 4) is 12.3 Å². The van der Waals surface area contributed by atoms with Gasteiger partial charge in [-0.2, -0.15) is 10.5 Å². The summed E-state index contributed by atoms with van der Waals surface area (Å²) in [5.74, 6) is -0.00783. The average Bonchev–Trinajstić information content (AvgIpc) is 3.22. The number of aliphatic imine (C=N–C) groups is 1. The van der Waals surface area contributed by atoms with E-state index < -0.39 is 6.04 Å². The summed E-state index contributed by atoms with van der Waals surface area (Å²) in [5.41, 5.74) is 13.7. The van der Waals surface area contributed by atoms with Crippen molar-refractivity contribution in [1.82, 2.24) is 10.3 Å². The van der Waals surface area contributed by atoms with Crippen molar-refractivity contribution in [3.05, 3.63) is 40.7 Å². The van der Waals surface area contributed by atoms with Crippen LogP contribution in [0.4, 0.5) is 27.4 Å². The number of halogens is 1. The summed E-state index contributed by atoms with van der Waals surface area (Å²) in [6.45, 7) is 1.64. The smallest absolute Gasteiger partial charge is 0.211 e. The molecule has 1 aromatic carbocycles. The molecule has 1 aromatic heterocycles. The van der Waals surface area contributed by atoms with Crippen molar-refractivity contribution in [1.29, 1.82) is 10.5 Å². The van der Waals surface area contributed by atoms with E-state index in [1.807, 2.05) is 11.0 Å². The molecule has 10 heteroatoms. The number of rotatable bonds is 2. The first-order valence-corrected chi connectivity index (χ1v) is 9.06. The summed E-state index contributed by atoms with van der Waals surface area (Å²) in [5, 5.41) is 23.6. The summed E-state index contributed by atoms with van der Waals surface area (Å²) >= 11 is 0. The Balaban J connectivity index is 1.83. The third-order valence-electron chi connectivity index (χ3n) is 5.09. The summed E-state index contributed by atoms with van der Waals surface area (Å²) in [6.07, 6.45) is 3.86. The van der Waals surface area contributed by atoms with Gasteiger partial charge in [-0.05, 0) is 30.5 Å². The van der Waals surface area contributed by atoms with Crippen LogP contribution in [0.5, 0.6) is 0 Å². The van der Waals surface area contributed by atoms with Gasteiger partial charge in [0.05, 0.1) is 11.4 Å². The fourth-order valence-corrected chi connectivity index (χ4v) is 3.73. The summed E-state index contributed by atoms with van der Waals surface area (Å²) in [7, 11) is 0. The lowest BCUT2D eigenvalue weighted by Gasteiger charge is -2.27. The normalized spacial score (nSPS) is 17.6. The first kappa shape index (κ1) is 18.3. The van der Waals surface area contributed by atoms with E-state index >= 15 is 0 Å². The molecule has 29 heavy (non-hydrogen) atoms. The number of hydrogen-bond acceptors (Lipinski definition) is 9. The predicted molar refractivity (Wildman–Crippen MR) is 107 cm³/mol. The third-order valence-corrected chi connectivity index (χ3v) is 5.09. The van der Waals surface area contributed by atoms with E-state index in [2.05, 4.69) is 20.6 Å². The number of nitrogens with two attached hydrogens (primary N) is 2. The summed E-state index contributed by atoms with van der Waals surface area (Å²) in [6, 6.07) is 6.08. The molecule has 0 aliphatic carbocycles. The van der Waals surface area contributed by atoms with Crippen molar-refractivity contribution in [3.63, 3.8) is 0 Å². The molecule has 1 atom stereocenters. The number of nitrogen functional groups attached to an aromatic ring is 2. The molecule has 0 radical (unpaired) electrons. The fraction of sp³-hybridized carbons (Fsp3) is 0.263. The van der Waals surface area contributed by atoms with Crippen LogP contribution >= 0.6 is 0 Å². The van der Waals surface area contributed by atoms with E-state index in [1.54, 1.807) is 18.3 Å². The van der Waals surface area contributed by atoms with Crippen LogP contribution in [0, 0.1) is 28.6 Å². The van der Waals surface area contributed by atoms with Crippen molar-refractivity contribution < 1.29 is 4.39 Å². The van der Waals surface area contributed by atoms with Crippen LogP contribution in [0.25, 0.3) is 0 Å². The number of nitrogens with zero attached hydrogens (tertiary/aromatic N) is 5. The SMILES string of the molecule is N#CNC1=NC(c2ccc(N3CCCC3)c(F)c2)c2c(nc(N)c(C#N)c2N)N1. The second-order valence-electron chi connectivity index (χ2n) is 6.81. The number of pyridine rings is 1. The summed E-state index contributed by atoms with van der Waals surface area (Å²) < 4.78 is 14.9. The van der Waals surface area contributed by atoms with Gasteiger partial charge < -0.3 is 21.7 Å². The molecule has 2 aliphatic rings.